The van der Waals surface area contributed by atoms with Gasteiger partial charge in [0.05, 0.1) is 17.1 Å². The smallest absolute Gasteiger partial charge is 0.252 e. The molecule has 0 aliphatic carbocycles. The lowest BCUT2D eigenvalue weighted by Gasteiger charge is -2.24. The standard InChI is InChI=1S/C16H26N4O3S/c1-19(2)9-4-8-17-16(21)13-5-6-15(18-11-13)20(3)14-7-10-24(22,23)12-14/h5-6,11,14H,4,7-10,12H2,1-3H3,(H,17,21). The van der Waals surface area contributed by atoms with Crippen LogP contribution in [0.5, 0.6) is 0 Å². The van der Waals surface area contributed by atoms with Gasteiger partial charge in [0.1, 0.15) is 5.82 Å². The van der Waals surface area contributed by atoms with Crippen LogP contribution in [-0.2, 0) is 9.84 Å². The third-order valence-electron chi connectivity index (χ3n) is 4.20. The van der Waals surface area contributed by atoms with Crippen LogP contribution in [0.3, 0.4) is 0 Å². The number of hydrogen-bond donors (Lipinski definition) is 1. The van der Waals surface area contributed by atoms with Crippen LogP contribution >= 0.6 is 0 Å². The number of anilines is 1. The van der Waals surface area contributed by atoms with Gasteiger partial charge in [-0.15, -0.1) is 0 Å². The number of pyridine rings is 1. The third-order valence-corrected chi connectivity index (χ3v) is 5.95. The molecule has 1 fully saturated rings. The minimum Gasteiger partial charge on any atom is -0.356 e. The molecule has 1 aliphatic rings. The third kappa shape index (κ3) is 5.17. The lowest BCUT2D eigenvalue weighted by molar-refractivity contribution is 0.0952. The lowest BCUT2D eigenvalue weighted by Crippen LogP contribution is -2.33. The number of carbonyl (C=O) groups is 1. The highest BCUT2D eigenvalue weighted by atomic mass is 32.2. The second kappa shape index (κ2) is 7.94. The summed E-state index contributed by atoms with van der Waals surface area (Å²) in [7, 11) is 2.91. The number of nitrogens with zero attached hydrogens (tertiary/aromatic N) is 3. The van der Waals surface area contributed by atoms with Crippen molar-refractivity contribution in [1.29, 1.82) is 0 Å². The predicted molar refractivity (Wildman–Crippen MR) is 95.2 cm³/mol. The van der Waals surface area contributed by atoms with Crippen molar-refractivity contribution in [1.82, 2.24) is 15.2 Å². The average molecular weight is 354 g/mol. The Kier molecular flexibility index (Phi) is 6.17. The Labute approximate surface area is 144 Å². The molecule has 134 valence electrons. The fourth-order valence-corrected chi connectivity index (χ4v) is 4.47. The molecule has 0 bridgehead atoms. The number of sulfone groups is 1. The van der Waals surface area contributed by atoms with E-state index < -0.39 is 9.84 Å². The maximum Gasteiger partial charge on any atom is 0.252 e. The minimum absolute atomic E-state index is 0.0480. The van der Waals surface area contributed by atoms with Crippen molar-refractivity contribution < 1.29 is 13.2 Å². The zero-order valence-corrected chi connectivity index (χ0v) is 15.3. The van der Waals surface area contributed by atoms with E-state index in [-0.39, 0.29) is 23.5 Å². The zero-order chi connectivity index (χ0) is 17.7. The molecule has 8 heteroatoms. The number of nitrogens with one attached hydrogen (secondary N) is 1. The van der Waals surface area contributed by atoms with Gasteiger partial charge >= 0.3 is 0 Å². The van der Waals surface area contributed by atoms with Crippen molar-refractivity contribution in [3.05, 3.63) is 23.9 Å². The quantitative estimate of drug-likeness (QED) is 0.713. The highest BCUT2D eigenvalue weighted by molar-refractivity contribution is 7.91. The Hall–Kier alpha value is -1.67. The Bertz CT molecular complexity index is 658. The normalized spacial score (nSPS) is 19.4. The minimum atomic E-state index is -2.93. The Morgan fingerprint density at radius 3 is 2.62 bits per heavy atom. The first-order valence-corrected chi connectivity index (χ1v) is 9.93. The van der Waals surface area contributed by atoms with Gasteiger partial charge in [0.2, 0.25) is 0 Å². The van der Waals surface area contributed by atoms with Gasteiger partial charge in [0, 0.05) is 25.8 Å². The van der Waals surface area contributed by atoms with E-state index in [1.54, 1.807) is 12.1 Å². The van der Waals surface area contributed by atoms with Crippen LogP contribution in [0.15, 0.2) is 18.3 Å². The molecule has 24 heavy (non-hydrogen) atoms. The zero-order valence-electron chi connectivity index (χ0n) is 14.5. The van der Waals surface area contributed by atoms with Gasteiger partial charge in [-0.2, -0.15) is 0 Å². The van der Waals surface area contributed by atoms with E-state index in [4.69, 9.17) is 0 Å². The number of carbonyl (C=O) groups excluding carboxylic acids is 1. The molecule has 1 atom stereocenters. The first-order chi connectivity index (χ1) is 11.3. The molecule has 7 nitrogen and oxygen atoms in total. The van der Waals surface area contributed by atoms with E-state index in [2.05, 4.69) is 15.2 Å². The molecule has 2 heterocycles. The molecule has 1 N–H and O–H groups in total. The van der Waals surface area contributed by atoms with Crippen LogP contribution in [-0.4, -0.2) is 76.0 Å². The van der Waals surface area contributed by atoms with E-state index >= 15 is 0 Å². The molecule has 1 unspecified atom stereocenters. The van der Waals surface area contributed by atoms with Crippen LogP contribution < -0.4 is 10.2 Å². The van der Waals surface area contributed by atoms with E-state index in [1.165, 1.54) is 6.20 Å². The Morgan fingerprint density at radius 1 is 1.33 bits per heavy atom. The number of amides is 1. The molecule has 0 radical (unpaired) electrons. The van der Waals surface area contributed by atoms with Crippen molar-refractivity contribution in [2.24, 2.45) is 0 Å². The first-order valence-electron chi connectivity index (χ1n) is 8.11. The van der Waals surface area contributed by atoms with Crippen molar-refractivity contribution in [2.45, 2.75) is 18.9 Å². The van der Waals surface area contributed by atoms with Crippen molar-refractivity contribution in [3.63, 3.8) is 0 Å². The van der Waals surface area contributed by atoms with Crippen LogP contribution in [0.25, 0.3) is 0 Å². The van der Waals surface area contributed by atoms with Gasteiger partial charge in [-0.1, -0.05) is 0 Å². The molecule has 2 rings (SSSR count). The molecular formula is C16H26N4O3S. The SMILES string of the molecule is CN(C)CCCNC(=O)c1ccc(N(C)C2CCS(=O)(=O)C2)nc1. The summed E-state index contributed by atoms with van der Waals surface area (Å²) >= 11 is 0. The van der Waals surface area contributed by atoms with Crippen molar-refractivity contribution >= 4 is 21.6 Å². The summed E-state index contributed by atoms with van der Waals surface area (Å²) in [6.45, 7) is 1.55. The lowest BCUT2D eigenvalue weighted by atomic mass is 10.2. The number of aromatic nitrogens is 1. The fraction of sp³-hybridized carbons (Fsp3) is 0.625. The first kappa shape index (κ1) is 18.7. The van der Waals surface area contributed by atoms with E-state index in [0.29, 0.717) is 24.3 Å². The summed E-state index contributed by atoms with van der Waals surface area (Å²) in [5.74, 6) is 0.939. The summed E-state index contributed by atoms with van der Waals surface area (Å²) in [5, 5.41) is 2.87. The molecule has 0 spiro atoms. The topological polar surface area (TPSA) is 82.6 Å². The Morgan fingerprint density at radius 2 is 2.08 bits per heavy atom. The highest BCUT2D eigenvalue weighted by Crippen LogP contribution is 2.21. The van der Waals surface area contributed by atoms with Gasteiger partial charge in [0.15, 0.2) is 9.84 Å². The monoisotopic (exact) mass is 354 g/mol. The largest absolute Gasteiger partial charge is 0.356 e. The summed E-state index contributed by atoms with van der Waals surface area (Å²) in [6.07, 6.45) is 3.05. The molecule has 1 aromatic heterocycles. The van der Waals surface area contributed by atoms with E-state index in [0.717, 1.165) is 13.0 Å². The van der Waals surface area contributed by atoms with E-state index in [1.807, 2.05) is 26.0 Å². The second-order valence-corrected chi connectivity index (χ2v) is 8.71. The molecule has 0 aromatic carbocycles. The molecule has 0 saturated carbocycles. The predicted octanol–water partition coefficient (Wildman–Crippen LogP) is 0.386. The van der Waals surface area contributed by atoms with Gasteiger partial charge in [-0.05, 0) is 45.6 Å². The molecular weight excluding hydrogens is 328 g/mol. The van der Waals surface area contributed by atoms with Crippen LogP contribution in [0.1, 0.15) is 23.2 Å². The summed E-state index contributed by atoms with van der Waals surface area (Å²) in [5.41, 5.74) is 0.510. The highest BCUT2D eigenvalue weighted by Gasteiger charge is 2.31. The number of rotatable bonds is 7. The van der Waals surface area contributed by atoms with Crippen LogP contribution in [0.4, 0.5) is 5.82 Å². The number of hydrogen-bond acceptors (Lipinski definition) is 6. The molecule has 1 aliphatic heterocycles. The molecule has 1 amide bonds. The summed E-state index contributed by atoms with van der Waals surface area (Å²) < 4.78 is 23.2. The molecule has 1 saturated heterocycles. The summed E-state index contributed by atoms with van der Waals surface area (Å²) in [4.78, 5) is 20.3. The van der Waals surface area contributed by atoms with Gasteiger partial charge < -0.3 is 15.1 Å². The van der Waals surface area contributed by atoms with E-state index in [9.17, 15) is 13.2 Å². The van der Waals surface area contributed by atoms with Gasteiger partial charge in [-0.25, -0.2) is 13.4 Å². The van der Waals surface area contributed by atoms with Crippen LogP contribution in [0, 0.1) is 0 Å². The molecule has 1 aromatic rings. The van der Waals surface area contributed by atoms with Crippen molar-refractivity contribution in [3.8, 4) is 0 Å². The fourth-order valence-electron chi connectivity index (χ4n) is 2.70. The van der Waals surface area contributed by atoms with Crippen LogP contribution in [0.2, 0.25) is 0 Å². The maximum absolute atomic E-state index is 12.1. The van der Waals surface area contributed by atoms with Gasteiger partial charge in [-0.3, -0.25) is 4.79 Å². The maximum atomic E-state index is 12.1. The average Bonchev–Trinajstić information content (AvgIpc) is 2.90. The van der Waals surface area contributed by atoms with Crippen molar-refractivity contribution in [2.75, 3.05) is 50.6 Å². The van der Waals surface area contributed by atoms with Gasteiger partial charge in [0.25, 0.3) is 5.91 Å². The second-order valence-electron chi connectivity index (χ2n) is 6.49. The Balaban J connectivity index is 1.89. The summed E-state index contributed by atoms with van der Waals surface area (Å²) in [6, 6.07) is 3.44.